The van der Waals surface area contributed by atoms with Crippen LogP contribution in [0.3, 0.4) is 0 Å². The van der Waals surface area contributed by atoms with E-state index in [-0.39, 0.29) is 0 Å². The number of aryl methyl sites for hydroxylation is 1. The van der Waals surface area contributed by atoms with Crippen LogP contribution in [0, 0.1) is 6.92 Å². The zero-order valence-corrected chi connectivity index (χ0v) is 13.6. The maximum atomic E-state index is 6.06. The Balaban J connectivity index is 1.58. The fraction of sp³-hybridized carbons (Fsp3) is 0.625. The van der Waals surface area contributed by atoms with Crippen molar-refractivity contribution < 1.29 is 4.74 Å². The summed E-state index contributed by atoms with van der Waals surface area (Å²) in [4.78, 5) is 2.55. The van der Waals surface area contributed by atoms with E-state index in [1.54, 1.807) is 0 Å². The van der Waals surface area contributed by atoms with Crippen molar-refractivity contribution in [3.05, 3.63) is 34.3 Å². The van der Waals surface area contributed by atoms with E-state index in [0.717, 1.165) is 36.6 Å². The highest BCUT2D eigenvalue weighted by Gasteiger charge is 2.29. The van der Waals surface area contributed by atoms with Crippen LogP contribution < -0.4 is 0 Å². The monoisotopic (exact) mass is 311 g/mol. The Morgan fingerprint density at radius 3 is 2.90 bits per heavy atom. The van der Waals surface area contributed by atoms with Gasteiger partial charge in [0.05, 0.1) is 13.2 Å². The van der Waals surface area contributed by atoms with Crippen molar-refractivity contribution >= 4 is 23.4 Å². The second kappa shape index (κ2) is 6.69. The van der Waals surface area contributed by atoms with Crippen molar-refractivity contribution in [2.45, 2.75) is 24.5 Å². The van der Waals surface area contributed by atoms with Gasteiger partial charge in [0.25, 0.3) is 0 Å². The Morgan fingerprint density at radius 1 is 1.35 bits per heavy atom. The van der Waals surface area contributed by atoms with Gasteiger partial charge in [-0.1, -0.05) is 17.7 Å². The summed E-state index contributed by atoms with van der Waals surface area (Å²) < 4.78 is 5.42. The van der Waals surface area contributed by atoms with E-state index >= 15 is 0 Å². The molecular formula is C16H22ClNOS. The van der Waals surface area contributed by atoms with Gasteiger partial charge >= 0.3 is 0 Å². The van der Waals surface area contributed by atoms with Crippen LogP contribution in [0.2, 0.25) is 5.02 Å². The minimum absolute atomic E-state index is 0.698. The van der Waals surface area contributed by atoms with Gasteiger partial charge in [0.1, 0.15) is 0 Å². The second-order valence-electron chi connectivity index (χ2n) is 5.80. The first-order valence-corrected chi connectivity index (χ1v) is 8.83. The molecular weight excluding hydrogens is 290 g/mol. The molecule has 1 aromatic carbocycles. The van der Waals surface area contributed by atoms with Gasteiger partial charge in [0.15, 0.2) is 0 Å². The topological polar surface area (TPSA) is 12.5 Å². The molecule has 0 aliphatic carbocycles. The first-order valence-electron chi connectivity index (χ1n) is 7.40. The van der Waals surface area contributed by atoms with E-state index in [4.69, 9.17) is 16.3 Å². The lowest BCUT2D eigenvalue weighted by atomic mass is 9.92. The van der Waals surface area contributed by atoms with Gasteiger partial charge in [-0.15, -0.1) is 0 Å². The number of hydrogen-bond acceptors (Lipinski definition) is 3. The predicted octanol–water partition coefficient (Wildman–Crippen LogP) is 3.57. The van der Waals surface area contributed by atoms with Crippen LogP contribution >= 0.6 is 23.4 Å². The van der Waals surface area contributed by atoms with Crippen molar-refractivity contribution in [1.29, 1.82) is 0 Å². The molecule has 0 radical (unpaired) electrons. The molecule has 0 bridgehead atoms. The van der Waals surface area contributed by atoms with Crippen LogP contribution in [0.15, 0.2) is 18.2 Å². The molecule has 2 aliphatic rings. The third kappa shape index (κ3) is 3.51. The summed E-state index contributed by atoms with van der Waals surface area (Å²) in [5, 5.41) is 1.62. The smallest absolute Gasteiger partial charge is 0.0594 e. The highest BCUT2D eigenvalue weighted by molar-refractivity contribution is 8.00. The van der Waals surface area contributed by atoms with Crippen molar-refractivity contribution in [3.63, 3.8) is 0 Å². The van der Waals surface area contributed by atoms with E-state index in [9.17, 15) is 0 Å². The average molecular weight is 312 g/mol. The lowest BCUT2D eigenvalue weighted by Crippen LogP contribution is -2.39. The minimum Gasteiger partial charge on any atom is -0.379 e. The Bertz CT molecular complexity index is 462. The quantitative estimate of drug-likeness (QED) is 0.847. The molecule has 0 N–H and O–H groups in total. The molecule has 2 heterocycles. The Hall–Kier alpha value is -0.220. The molecule has 4 heteroatoms. The van der Waals surface area contributed by atoms with Gasteiger partial charge in [-0.2, -0.15) is 11.8 Å². The summed E-state index contributed by atoms with van der Waals surface area (Å²) in [6.07, 6.45) is 1.30. The molecule has 2 aliphatic heterocycles. The third-order valence-corrected chi connectivity index (χ3v) is 5.96. The van der Waals surface area contributed by atoms with Crippen molar-refractivity contribution in [2.24, 2.45) is 0 Å². The van der Waals surface area contributed by atoms with Crippen molar-refractivity contribution in [2.75, 3.05) is 38.6 Å². The summed E-state index contributed by atoms with van der Waals surface area (Å²) in [6, 6.07) is 6.35. The first-order chi connectivity index (χ1) is 9.72. The van der Waals surface area contributed by atoms with Gasteiger partial charge in [-0.05, 0) is 42.5 Å². The number of thioether (sulfide) groups is 1. The summed E-state index contributed by atoms with van der Waals surface area (Å²) in [5.74, 6) is 1.95. The van der Waals surface area contributed by atoms with Gasteiger partial charge in [-0.3, -0.25) is 4.90 Å². The van der Waals surface area contributed by atoms with Crippen molar-refractivity contribution in [3.8, 4) is 0 Å². The largest absolute Gasteiger partial charge is 0.379 e. The molecule has 0 aromatic heterocycles. The molecule has 20 heavy (non-hydrogen) atoms. The van der Waals surface area contributed by atoms with Crippen LogP contribution in [0.25, 0.3) is 0 Å². The molecule has 2 unspecified atom stereocenters. The molecule has 2 fully saturated rings. The summed E-state index contributed by atoms with van der Waals surface area (Å²) in [6.45, 7) is 7.40. The third-order valence-electron chi connectivity index (χ3n) is 4.32. The van der Waals surface area contributed by atoms with Crippen LogP contribution in [-0.4, -0.2) is 48.8 Å². The van der Waals surface area contributed by atoms with E-state index < -0.39 is 0 Å². The van der Waals surface area contributed by atoms with E-state index in [0.29, 0.717) is 5.92 Å². The summed E-state index contributed by atoms with van der Waals surface area (Å²) in [5.41, 5.74) is 2.83. The molecule has 2 nitrogen and oxygen atoms in total. The lowest BCUT2D eigenvalue weighted by Gasteiger charge is -2.28. The number of morpholine rings is 1. The molecule has 0 amide bonds. The Labute approximate surface area is 130 Å². The number of hydrogen-bond donors (Lipinski definition) is 0. The van der Waals surface area contributed by atoms with Crippen molar-refractivity contribution in [1.82, 2.24) is 4.90 Å². The number of nitrogens with zero attached hydrogens (tertiary/aromatic N) is 1. The number of ether oxygens (including phenoxy) is 1. The number of halogens is 1. The maximum absolute atomic E-state index is 6.06. The Morgan fingerprint density at radius 2 is 2.15 bits per heavy atom. The zero-order chi connectivity index (χ0) is 13.9. The van der Waals surface area contributed by atoms with Crippen LogP contribution in [0.1, 0.15) is 23.5 Å². The van der Waals surface area contributed by atoms with Gasteiger partial charge < -0.3 is 4.74 Å². The Kier molecular flexibility index (Phi) is 4.92. The molecule has 2 saturated heterocycles. The first kappa shape index (κ1) is 14.7. The lowest BCUT2D eigenvalue weighted by molar-refractivity contribution is 0.0380. The highest BCUT2D eigenvalue weighted by Crippen LogP contribution is 2.39. The molecule has 0 spiro atoms. The number of rotatable bonds is 3. The number of benzene rings is 1. The zero-order valence-electron chi connectivity index (χ0n) is 12.0. The molecule has 3 rings (SSSR count). The molecule has 0 saturated carbocycles. The van der Waals surface area contributed by atoms with Crippen LogP contribution in [-0.2, 0) is 4.74 Å². The standard InChI is InChI=1S/C16H22ClNOS/c1-12-8-14(17)2-3-16(12)13-9-15(20-11-13)10-18-4-6-19-7-5-18/h2-3,8,13,15H,4-7,9-11H2,1H3. The summed E-state index contributed by atoms with van der Waals surface area (Å²) >= 11 is 8.19. The molecule has 2 atom stereocenters. The average Bonchev–Trinajstić information content (AvgIpc) is 2.88. The van der Waals surface area contributed by atoms with Gasteiger partial charge in [0, 0.05) is 35.7 Å². The van der Waals surface area contributed by atoms with E-state index in [1.165, 1.54) is 29.8 Å². The molecule has 1 aromatic rings. The fourth-order valence-corrected chi connectivity index (χ4v) is 4.95. The summed E-state index contributed by atoms with van der Waals surface area (Å²) in [7, 11) is 0. The van der Waals surface area contributed by atoms with Crippen LogP contribution in [0.5, 0.6) is 0 Å². The maximum Gasteiger partial charge on any atom is 0.0594 e. The van der Waals surface area contributed by atoms with Gasteiger partial charge in [0.2, 0.25) is 0 Å². The second-order valence-corrected chi connectivity index (χ2v) is 7.57. The minimum atomic E-state index is 0.698. The molecule has 110 valence electrons. The van der Waals surface area contributed by atoms with Gasteiger partial charge in [-0.25, -0.2) is 0 Å². The highest BCUT2D eigenvalue weighted by atomic mass is 35.5. The SMILES string of the molecule is Cc1cc(Cl)ccc1C1CSC(CN2CCOCC2)C1. The predicted molar refractivity (Wildman–Crippen MR) is 87.1 cm³/mol. The van der Waals surface area contributed by atoms with Crippen LogP contribution in [0.4, 0.5) is 0 Å². The normalized spacial score (nSPS) is 27.9. The fourth-order valence-electron chi connectivity index (χ4n) is 3.22. The van der Waals surface area contributed by atoms with E-state index in [1.807, 2.05) is 6.07 Å². The van der Waals surface area contributed by atoms with E-state index in [2.05, 4.69) is 35.7 Å².